The quantitative estimate of drug-likeness (QED) is 0.574. The summed E-state index contributed by atoms with van der Waals surface area (Å²) in [7, 11) is 0. The summed E-state index contributed by atoms with van der Waals surface area (Å²) in [6.07, 6.45) is 6.55. The molecule has 0 amide bonds. The average molecular weight is 245 g/mol. The van der Waals surface area contributed by atoms with Crippen LogP contribution < -0.4 is 0 Å². The fourth-order valence-corrected chi connectivity index (χ4v) is 4.07. The van der Waals surface area contributed by atoms with E-state index in [2.05, 4.69) is 34.6 Å². The molecule has 0 aliphatic heterocycles. The molecule has 0 aromatic rings. The van der Waals surface area contributed by atoms with Crippen molar-refractivity contribution in [1.29, 1.82) is 0 Å². The van der Waals surface area contributed by atoms with Gasteiger partial charge in [-0.1, -0.05) is 53.9 Å². The summed E-state index contributed by atoms with van der Waals surface area (Å²) in [6.45, 7) is 11.9. The number of hydrogen-bond acceptors (Lipinski definition) is 0. The Morgan fingerprint density at radius 2 is 1.94 bits per heavy atom. The van der Waals surface area contributed by atoms with Crippen LogP contribution in [0.3, 0.4) is 0 Å². The highest BCUT2D eigenvalue weighted by molar-refractivity contribution is 6.20. The maximum absolute atomic E-state index is 6.61. The molecule has 96 valence electrons. The topological polar surface area (TPSA) is 0 Å². The minimum absolute atomic E-state index is 0.401. The van der Waals surface area contributed by atoms with Gasteiger partial charge in [0.2, 0.25) is 0 Å². The van der Waals surface area contributed by atoms with E-state index in [0.717, 1.165) is 11.8 Å². The van der Waals surface area contributed by atoms with Gasteiger partial charge in [-0.2, -0.15) is 0 Å². The van der Waals surface area contributed by atoms with E-state index in [9.17, 15) is 0 Å². The van der Waals surface area contributed by atoms with Gasteiger partial charge in [0.25, 0.3) is 0 Å². The Morgan fingerprint density at radius 3 is 2.44 bits per heavy atom. The molecule has 16 heavy (non-hydrogen) atoms. The normalized spacial score (nSPS) is 33.8. The van der Waals surface area contributed by atoms with Gasteiger partial charge >= 0.3 is 0 Å². The summed E-state index contributed by atoms with van der Waals surface area (Å²) in [6, 6.07) is 0. The van der Waals surface area contributed by atoms with Gasteiger partial charge in [0.1, 0.15) is 0 Å². The monoisotopic (exact) mass is 244 g/mol. The number of hydrogen-bond donors (Lipinski definition) is 0. The molecule has 0 bridgehead atoms. The van der Waals surface area contributed by atoms with Crippen molar-refractivity contribution in [2.24, 2.45) is 23.2 Å². The van der Waals surface area contributed by atoms with E-state index in [0.29, 0.717) is 16.7 Å². The molecule has 1 aliphatic rings. The third-order valence-electron chi connectivity index (χ3n) is 4.98. The standard InChI is InChI=1S/C15H29Cl/c1-6-7-12(3)15(4,5)13-9-8-11(2)10-14(13)16/h11-14H,6-10H2,1-5H3. The van der Waals surface area contributed by atoms with E-state index >= 15 is 0 Å². The largest absolute Gasteiger partial charge is 0.123 e. The number of alkyl halides is 1. The van der Waals surface area contributed by atoms with Crippen LogP contribution in [0, 0.1) is 23.2 Å². The minimum atomic E-state index is 0.401. The SMILES string of the molecule is CCCC(C)C(C)(C)C1CCC(C)CC1Cl. The van der Waals surface area contributed by atoms with E-state index in [1.165, 1.54) is 32.1 Å². The molecule has 0 radical (unpaired) electrons. The fourth-order valence-electron chi connectivity index (χ4n) is 3.32. The lowest BCUT2D eigenvalue weighted by Crippen LogP contribution is -2.39. The Balaban J connectivity index is 2.67. The summed E-state index contributed by atoms with van der Waals surface area (Å²) in [5.74, 6) is 2.33. The van der Waals surface area contributed by atoms with Crippen LogP contribution in [-0.4, -0.2) is 5.38 Å². The lowest BCUT2D eigenvalue weighted by Gasteiger charge is -2.45. The third kappa shape index (κ3) is 3.15. The van der Waals surface area contributed by atoms with Gasteiger partial charge < -0.3 is 0 Å². The van der Waals surface area contributed by atoms with Gasteiger partial charge in [0.05, 0.1) is 0 Å². The molecule has 1 saturated carbocycles. The van der Waals surface area contributed by atoms with Gasteiger partial charge in [-0.05, 0) is 36.0 Å². The Labute approximate surface area is 107 Å². The maximum Gasteiger partial charge on any atom is 0.0372 e. The van der Waals surface area contributed by atoms with Crippen molar-refractivity contribution >= 4 is 11.6 Å². The Hall–Kier alpha value is 0.290. The van der Waals surface area contributed by atoms with E-state index in [1.807, 2.05) is 0 Å². The molecular weight excluding hydrogens is 216 g/mol. The summed E-state index contributed by atoms with van der Waals surface area (Å²) in [4.78, 5) is 0. The van der Waals surface area contributed by atoms with E-state index in [4.69, 9.17) is 11.6 Å². The number of rotatable bonds is 4. The van der Waals surface area contributed by atoms with Crippen LogP contribution in [0.25, 0.3) is 0 Å². The van der Waals surface area contributed by atoms with Gasteiger partial charge in [0, 0.05) is 5.38 Å². The van der Waals surface area contributed by atoms with Crippen LogP contribution in [0.2, 0.25) is 0 Å². The minimum Gasteiger partial charge on any atom is -0.123 e. The van der Waals surface area contributed by atoms with E-state index in [-0.39, 0.29) is 0 Å². The molecular formula is C15H29Cl. The zero-order chi connectivity index (χ0) is 12.3. The first-order valence-corrected chi connectivity index (χ1v) is 7.47. The Morgan fingerprint density at radius 1 is 1.31 bits per heavy atom. The summed E-state index contributed by atoms with van der Waals surface area (Å²) >= 11 is 6.61. The van der Waals surface area contributed by atoms with Gasteiger partial charge in [0.15, 0.2) is 0 Å². The second-order valence-corrected chi connectivity index (χ2v) is 7.11. The Kier molecular flexibility index (Phi) is 5.16. The van der Waals surface area contributed by atoms with E-state index < -0.39 is 0 Å². The lowest BCUT2D eigenvalue weighted by atomic mass is 9.62. The fraction of sp³-hybridized carbons (Fsp3) is 1.00. The highest BCUT2D eigenvalue weighted by Gasteiger charge is 2.40. The van der Waals surface area contributed by atoms with Crippen molar-refractivity contribution in [2.45, 2.75) is 72.1 Å². The van der Waals surface area contributed by atoms with Crippen LogP contribution in [-0.2, 0) is 0 Å². The zero-order valence-corrected chi connectivity index (χ0v) is 12.5. The van der Waals surface area contributed by atoms with Crippen molar-refractivity contribution < 1.29 is 0 Å². The van der Waals surface area contributed by atoms with Crippen LogP contribution in [0.15, 0.2) is 0 Å². The second-order valence-electron chi connectivity index (χ2n) is 6.55. The molecule has 1 aliphatic carbocycles. The maximum atomic E-state index is 6.61. The third-order valence-corrected chi connectivity index (χ3v) is 5.46. The molecule has 0 spiro atoms. The lowest BCUT2D eigenvalue weighted by molar-refractivity contribution is 0.0785. The molecule has 1 heteroatoms. The zero-order valence-electron chi connectivity index (χ0n) is 11.7. The first kappa shape index (κ1) is 14.4. The average Bonchev–Trinajstić information content (AvgIpc) is 2.17. The van der Waals surface area contributed by atoms with Crippen molar-refractivity contribution in [1.82, 2.24) is 0 Å². The van der Waals surface area contributed by atoms with Gasteiger partial charge in [-0.15, -0.1) is 11.6 Å². The van der Waals surface area contributed by atoms with Gasteiger partial charge in [-0.25, -0.2) is 0 Å². The predicted molar refractivity (Wildman–Crippen MR) is 74.0 cm³/mol. The van der Waals surface area contributed by atoms with Crippen LogP contribution in [0.5, 0.6) is 0 Å². The first-order valence-electron chi connectivity index (χ1n) is 7.03. The molecule has 0 N–H and O–H groups in total. The van der Waals surface area contributed by atoms with Gasteiger partial charge in [-0.3, -0.25) is 0 Å². The van der Waals surface area contributed by atoms with Crippen LogP contribution in [0.1, 0.15) is 66.7 Å². The highest BCUT2D eigenvalue weighted by atomic mass is 35.5. The molecule has 1 fully saturated rings. The summed E-state index contributed by atoms with van der Waals surface area (Å²) in [5.41, 5.74) is 0.405. The van der Waals surface area contributed by atoms with Crippen molar-refractivity contribution in [3.05, 3.63) is 0 Å². The Bertz CT molecular complexity index is 209. The summed E-state index contributed by atoms with van der Waals surface area (Å²) in [5, 5.41) is 0.401. The number of halogens is 1. The predicted octanol–water partition coefficient (Wildman–Crippen LogP) is 5.49. The molecule has 4 unspecified atom stereocenters. The van der Waals surface area contributed by atoms with Crippen LogP contribution >= 0.6 is 11.6 Å². The molecule has 4 atom stereocenters. The van der Waals surface area contributed by atoms with Crippen molar-refractivity contribution in [3.8, 4) is 0 Å². The smallest absolute Gasteiger partial charge is 0.0372 e. The first-order chi connectivity index (χ1) is 7.39. The highest BCUT2D eigenvalue weighted by Crippen LogP contribution is 2.47. The molecule has 0 nitrogen and oxygen atoms in total. The molecule has 0 saturated heterocycles. The van der Waals surface area contributed by atoms with E-state index in [1.54, 1.807) is 0 Å². The molecule has 0 heterocycles. The summed E-state index contributed by atoms with van der Waals surface area (Å²) < 4.78 is 0. The van der Waals surface area contributed by atoms with Crippen LogP contribution in [0.4, 0.5) is 0 Å². The van der Waals surface area contributed by atoms with Crippen molar-refractivity contribution in [2.75, 3.05) is 0 Å². The molecule has 1 rings (SSSR count). The molecule has 0 aromatic heterocycles. The molecule has 0 aromatic carbocycles. The second kappa shape index (κ2) is 5.76. The van der Waals surface area contributed by atoms with Crippen molar-refractivity contribution in [3.63, 3.8) is 0 Å².